The third-order valence-electron chi connectivity index (χ3n) is 3.58. The Morgan fingerprint density at radius 2 is 2.19 bits per heavy atom. The molecule has 0 radical (unpaired) electrons. The molecule has 1 heterocycles. The summed E-state index contributed by atoms with van der Waals surface area (Å²) in [5.74, 6) is -0.174. The maximum absolute atomic E-state index is 12.5. The van der Waals surface area contributed by atoms with Gasteiger partial charge in [0.2, 0.25) is 0 Å². The Morgan fingerprint density at radius 1 is 1.57 bits per heavy atom. The SMILES string of the molecule is C=CC[C@@H]1OC[C@H]([C@@H](C)CC)N(C(=O)OC(C)(C)C)C1=O. The normalized spacial score (nSPS) is 24.6. The molecule has 0 aliphatic carbocycles. The predicted molar refractivity (Wildman–Crippen MR) is 80.9 cm³/mol. The first-order valence-electron chi connectivity index (χ1n) is 7.49. The van der Waals surface area contributed by atoms with E-state index in [1.54, 1.807) is 26.8 Å². The van der Waals surface area contributed by atoms with Crippen LogP contribution >= 0.6 is 0 Å². The molecule has 3 atom stereocenters. The van der Waals surface area contributed by atoms with Crippen molar-refractivity contribution < 1.29 is 19.1 Å². The van der Waals surface area contributed by atoms with Crippen LogP contribution in [-0.2, 0) is 14.3 Å². The van der Waals surface area contributed by atoms with Gasteiger partial charge in [0.05, 0.1) is 12.6 Å². The summed E-state index contributed by atoms with van der Waals surface area (Å²) in [7, 11) is 0. The molecule has 1 aliphatic rings. The van der Waals surface area contributed by atoms with E-state index in [0.29, 0.717) is 13.0 Å². The average Bonchev–Trinajstić information content (AvgIpc) is 2.37. The van der Waals surface area contributed by atoms with E-state index in [2.05, 4.69) is 6.58 Å². The average molecular weight is 297 g/mol. The number of amides is 2. The first-order chi connectivity index (χ1) is 9.71. The molecule has 120 valence electrons. The standard InChI is InChI=1S/C16H27NO4/c1-7-9-13-14(18)17(15(19)21-16(4,5)6)12(10-20-13)11(3)8-2/h7,11-13H,1,8-10H2,2-6H3/t11-,12+,13-/m0/s1. The highest BCUT2D eigenvalue weighted by Gasteiger charge is 2.43. The van der Waals surface area contributed by atoms with Crippen LogP contribution in [0, 0.1) is 5.92 Å². The van der Waals surface area contributed by atoms with Crippen LogP contribution in [0.1, 0.15) is 47.5 Å². The lowest BCUT2D eigenvalue weighted by Crippen LogP contribution is -2.59. The molecular weight excluding hydrogens is 270 g/mol. The Hall–Kier alpha value is -1.36. The number of imide groups is 1. The van der Waals surface area contributed by atoms with E-state index >= 15 is 0 Å². The molecule has 0 bridgehead atoms. The van der Waals surface area contributed by atoms with Gasteiger partial charge < -0.3 is 9.47 Å². The zero-order chi connectivity index (χ0) is 16.2. The zero-order valence-electron chi connectivity index (χ0n) is 13.7. The molecular formula is C16H27NO4. The summed E-state index contributed by atoms with van der Waals surface area (Å²) in [6.07, 6.45) is 1.64. The van der Waals surface area contributed by atoms with Gasteiger partial charge in [0.1, 0.15) is 11.7 Å². The maximum atomic E-state index is 12.5. The fourth-order valence-electron chi connectivity index (χ4n) is 2.23. The number of carbonyl (C=O) groups is 2. The molecule has 0 aromatic carbocycles. The Morgan fingerprint density at radius 3 is 2.67 bits per heavy atom. The lowest BCUT2D eigenvalue weighted by Gasteiger charge is -2.40. The second kappa shape index (κ2) is 7.07. The van der Waals surface area contributed by atoms with Gasteiger partial charge in [0, 0.05) is 6.42 Å². The minimum Gasteiger partial charge on any atom is -0.443 e. The first kappa shape index (κ1) is 17.7. The number of carbonyl (C=O) groups excluding carboxylic acids is 2. The topological polar surface area (TPSA) is 55.8 Å². The van der Waals surface area contributed by atoms with Crippen molar-refractivity contribution in [2.75, 3.05) is 6.61 Å². The molecule has 1 aliphatic heterocycles. The maximum Gasteiger partial charge on any atom is 0.417 e. The molecule has 0 saturated carbocycles. The van der Waals surface area contributed by atoms with Crippen molar-refractivity contribution in [1.29, 1.82) is 0 Å². The Balaban J connectivity index is 2.99. The van der Waals surface area contributed by atoms with E-state index in [-0.39, 0.29) is 17.9 Å². The van der Waals surface area contributed by atoms with Crippen molar-refractivity contribution in [3.63, 3.8) is 0 Å². The lowest BCUT2D eigenvalue weighted by molar-refractivity contribution is -0.159. The van der Waals surface area contributed by atoms with Gasteiger partial charge in [0.25, 0.3) is 5.91 Å². The highest BCUT2D eigenvalue weighted by atomic mass is 16.6. The zero-order valence-corrected chi connectivity index (χ0v) is 13.7. The summed E-state index contributed by atoms with van der Waals surface area (Å²) < 4.78 is 11.0. The van der Waals surface area contributed by atoms with Crippen LogP contribution in [0.25, 0.3) is 0 Å². The Bertz CT molecular complexity index is 400. The van der Waals surface area contributed by atoms with Crippen LogP contribution in [0.2, 0.25) is 0 Å². The monoisotopic (exact) mass is 297 g/mol. The summed E-state index contributed by atoms with van der Waals surface area (Å²) in [4.78, 5) is 26.2. The van der Waals surface area contributed by atoms with E-state index in [4.69, 9.17) is 9.47 Å². The van der Waals surface area contributed by atoms with Crippen LogP contribution in [0.15, 0.2) is 12.7 Å². The largest absolute Gasteiger partial charge is 0.443 e. The number of nitrogens with zero attached hydrogens (tertiary/aromatic N) is 1. The quantitative estimate of drug-likeness (QED) is 0.748. The molecule has 1 rings (SSSR count). The van der Waals surface area contributed by atoms with Gasteiger partial charge in [-0.1, -0.05) is 26.3 Å². The van der Waals surface area contributed by atoms with Gasteiger partial charge in [-0.15, -0.1) is 6.58 Å². The third kappa shape index (κ3) is 4.56. The molecule has 0 spiro atoms. The number of hydrogen-bond donors (Lipinski definition) is 0. The minimum absolute atomic E-state index is 0.158. The molecule has 0 N–H and O–H groups in total. The molecule has 5 heteroatoms. The van der Waals surface area contributed by atoms with Gasteiger partial charge in [-0.05, 0) is 26.7 Å². The third-order valence-corrected chi connectivity index (χ3v) is 3.58. The molecule has 5 nitrogen and oxygen atoms in total. The van der Waals surface area contributed by atoms with Gasteiger partial charge >= 0.3 is 6.09 Å². The molecule has 0 unspecified atom stereocenters. The van der Waals surface area contributed by atoms with Gasteiger partial charge in [-0.25, -0.2) is 9.69 Å². The van der Waals surface area contributed by atoms with Crippen LogP contribution in [0.4, 0.5) is 4.79 Å². The predicted octanol–water partition coefficient (Wildman–Crippen LogP) is 3.14. The van der Waals surface area contributed by atoms with Crippen molar-refractivity contribution in [3.05, 3.63) is 12.7 Å². The number of hydrogen-bond acceptors (Lipinski definition) is 4. The van der Waals surface area contributed by atoms with E-state index < -0.39 is 17.8 Å². The molecule has 0 aromatic heterocycles. The smallest absolute Gasteiger partial charge is 0.417 e. The van der Waals surface area contributed by atoms with Gasteiger partial charge in [-0.2, -0.15) is 0 Å². The molecule has 0 aromatic rings. The summed E-state index contributed by atoms with van der Waals surface area (Å²) in [5, 5.41) is 0. The van der Waals surface area contributed by atoms with Crippen LogP contribution in [0.3, 0.4) is 0 Å². The molecule has 1 fully saturated rings. The summed E-state index contributed by atoms with van der Waals surface area (Å²) >= 11 is 0. The summed E-state index contributed by atoms with van der Waals surface area (Å²) in [6.45, 7) is 13.4. The second-order valence-electron chi connectivity index (χ2n) is 6.49. The van der Waals surface area contributed by atoms with Crippen LogP contribution in [-0.4, -0.2) is 41.3 Å². The highest BCUT2D eigenvalue weighted by Crippen LogP contribution is 2.25. The van der Waals surface area contributed by atoms with E-state index in [1.807, 2.05) is 13.8 Å². The Kier molecular flexibility index (Phi) is 5.96. The van der Waals surface area contributed by atoms with Crippen molar-refractivity contribution in [1.82, 2.24) is 4.90 Å². The molecule has 2 amide bonds. The molecule has 21 heavy (non-hydrogen) atoms. The van der Waals surface area contributed by atoms with Crippen molar-refractivity contribution in [2.45, 2.75) is 65.2 Å². The first-order valence-corrected chi connectivity index (χ1v) is 7.49. The lowest BCUT2D eigenvalue weighted by atomic mass is 9.96. The minimum atomic E-state index is -0.643. The van der Waals surface area contributed by atoms with Crippen molar-refractivity contribution in [3.8, 4) is 0 Å². The second-order valence-corrected chi connectivity index (χ2v) is 6.49. The van der Waals surface area contributed by atoms with Crippen LogP contribution < -0.4 is 0 Å². The van der Waals surface area contributed by atoms with Crippen molar-refractivity contribution in [2.24, 2.45) is 5.92 Å². The number of morpholine rings is 1. The fourth-order valence-corrected chi connectivity index (χ4v) is 2.23. The summed E-state index contributed by atoms with van der Waals surface area (Å²) in [6, 6.07) is -0.279. The Labute approximate surface area is 127 Å². The van der Waals surface area contributed by atoms with Crippen molar-refractivity contribution >= 4 is 12.0 Å². The number of ether oxygens (including phenoxy) is 2. The molecule has 1 saturated heterocycles. The van der Waals surface area contributed by atoms with Gasteiger partial charge in [0.15, 0.2) is 0 Å². The van der Waals surface area contributed by atoms with Gasteiger partial charge in [-0.3, -0.25) is 4.79 Å². The van der Waals surface area contributed by atoms with E-state index in [0.717, 1.165) is 6.42 Å². The summed E-state index contributed by atoms with van der Waals surface area (Å²) in [5.41, 5.74) is -0.635. The van der Waals surface area contributed by atoms with Crippen LogP contribution in [0.5, 0.6) is 0 Å². The number of rotatable bonds is 4. The van der Waals surface area contributed by atoms with E-state index in [9.17, 15) is 9.59 Å². The fraction of sp³-hybridized carbons (Fsp3) is 0.750. The highest BCUT2D eigenvalue weighted by molar-refractivity contribution is 5.95. The van der Waals surface area contributed by atoms with E-state index in [1.165, 1.54) is 4.90 Å².